The zero-order valence-corrected chi connectivity index (χ0v) is 13.8. The number of carbonyl (C=O) groups is 1. The molecule has 0 bridgehead atoms. The Hall–Kier alpha value is -2.14. The fourth-order valence-electron chi connectivity index (χ4n) is 2.90. The molecular formula is C18H23N3O2. The molecule has 0 aliphatic carbocycles. The third kappa shape index (κ3) is 3.99. The van der Waals surface area contributed by atoms with E-state index in [4.69, 9.17) is 4.52 Å². The van der Waals surface area contributed by atoms with Crippen LogP contribution in [0, 0.1) is 13.8 Å². The van der Waals surface area contributed by atoms with Gasteiger partial charge in [-0.05, 0) is 25.8 Å². The summed E-state index contributed by atoms with van der Waals surface area (Å²) in [6, 6.07) is 10.4. The number of aryl methyl sites for hydroxylation is 2. The van der Waals surface area contributed by atoms with Gasteiger partial charge in [0, 0.05) is 38.8 Å². The Morgan fingerprint density at radius 2 is 1.91 bits per heavy atom. The van der Waals surface area contributed by atoms with Crippen LogP contribution in [0.1, 0.15) is 33.8 Å². The number of benzene rings is 1. The molecule has 5 heteroatoms. The molecular weight excluding hydrogens is 290 g/mol. The summed E-state index contributed by atoms with van der Waals surface area (Å²) in [4.78, 5) is 16.7. The van der Waals surface area contributed by atoms with Crippen molar-refractivity contribution in [1.82, 2.24) is 15.0 Å². The highest BCUT2D eigenvalue weighted by molar-refractivity contribution is 5.91. The van der Waals surface area contributed by atoms with Gasteiger partial charge in [0.15, 0.2) is 0 Å². The molecule has 3 rings (SSSR count). The van der Waals surface area contributed by atoms with Gasteiger partial charge in [0.05, 0.1) is 5.69 Å². The number of amides is 1. The van der Waals surface area contributed by atoms with Gasteiger partial charge in [-0.3, -0.25) is 9.69 Å². The van der Waals surface area contributed by atoms with Gasteiger partial charge in [-0.15, -0.1) is 0 Å². The lowest BCUT2D eigenvalue weighted by Gasteiger charge is -2.21. The van der Waals surface area contributed by atoms with E-state index in [9.17, 15) is 4.79 Å². The van der Waals surface area contributed by atoms with Gasteiger partial charge in [-0.25, -0.2) is 0 Å². The van der Waals surface area contributed by atoms with Gasteiger partial charge in [0.1, 0.15) is 0 Å². The predicted octanol–water partition coefficient (Wildman–Crippen LogP) is 2.64. The fourth-order valence-corrected chi connectivity index (χ4v) is 2.90. The molecule has 0 spiro atoms. The molecule has 0 saturated carbocycles. The molecule has 1 aromatic heterocycles. The molecule has 1 aliphatic heterocycles. The first-order valence-electron chi connectivity index (χ1n) is 8.12. The Labute approximate surface area is 136 Å². The van der Waals surface area contributed by atoms with Crippen LogP contribution >= 0.6 is 0 Å². The van der Waals surface area contributed by atoms with E-state index in [0.717, 1.165) is 44.8 Å². The van der Waals surface area contributed by atoms with Crippen molar-refractivity contribution in [3.63, 3.8) is 0 Å². The van der Waals surface area contributed by atoms with Crippen molar-refractivity contribution in [2.45, 2.75) is 26.8 Å². The summed E-state index contributed by atoms with van der Waals surface area (Å²) >= 11 is 0. The molecule has 0 unspecified atom stereocenters. The normalized spacial score (nSPS) is 16.3. The van der Waals surface area contributed by atoms with Crippen molar-refractivity contribution in [3.8, 4) is 0 Å². The number of rotatable bonds is 3. The van der Waals surface area contributed by atoms with Crippen LogP contribution < -0.4 is 0 Å². The van der Waals surface area contributed by atoms with E-state index in [1.807, 2.05) is 11.8 Å². The van der Waals surface area contributed by atoms with Gasteiger partial charge in [-0.1, -0.05) is 35.0 Å². The van der Waals surface area contributed by atoms with Gasteiger partial charge < -0.3 is 9.42 Å². The Morgan fingerprint density at radius 3 is 2.61 bits per heavy atom. The monoisotopic (exact) mass is 313 g/mol. The SMILES string of the molecule is Cc1ccc(CN2CCCN(C(=O)c3cc(C)no3)CC2)cc1. The quantitative estimate of drug-likeness (QED) is 0.874. The standard InChI is InChI=1S/C18H23N3O2/c1-14-4-6-16(7-5-14)13-20-8-3-9-21(11-10-20)18(22)17-12-15(2)19-23-17/h4-7,12H,3,8-11,13H2,1-2H3. The van der Waals surface area contributed by atoms with E-state index in [1.54, 1.807) is 6.07 Å². The highest BCUT2D eigenvalue weighted by Gasteiger charge is 2.23. The van der Waals surface area contributed by atoms with Crippen molar-refractivity contribution >= 4 is 5.91 Å². The van der Waals surface area contributed by atoms with Crippen LogP contribution in [0.15, 0.2) is 34.9 Å². The third-order valence-electron chi connectivity index (χ3n) is 4.24. The first-order valence-corrected chi connectivity index (χ1v) is 8.12. The molecule has 2 aromatic rings. The van der Waals surface area contributed by atoms with Gasteiger partial charge in [0.25, 0.3) is 5.91 Å². The Balaban J connectivity index is 1.58. The molecule has 23 heavy (non-hydrogen) atoms. The Bertz CT molecular complexity index is 663. The smallest absolute Gasteiger partial charge is 0.292 e. The average Bonchev–Trinajstić information content (AvgIpc) is 2.84. The maximum absolute atomic E-state index is 12.4. The highest BCUT2D eigenvalue weighted by atomic mass is 16.5. The zero-order valence-electron chi connectivity index (χ0n) is 13.8. The molecule has 122 valence electrons. The highest BCUT2D eigenvalue weighted by Crippen LogP contribution is 2.13. The summed E-state index contributed by atoms with van der Waals surface area (Å²) in [7, 11) is 0. The summed E-state index contributed by atoms with van der Waals surface area (Å²) < 4.78 is 5.10. The maximum atomic E-state index is 12.4. The second kappa shape index (κ2) is 6.96. The minimum absolute atomic E-state index is 0.0530. The van der Waals surface area contributed by atoms with E-state index in [2.05, 4.69) is 41.2 Å². The molecule has 1 fully saturated rings. The topological polar surface area (TPSA) is 49.6 Å². The molecule has 0 N–H and O–H groups in total. The molecule has 0 radical (unpaired) electrons. The van der Waals surface area contributed by atoms with Crippen LogP contribution in [0.4, 0.5) is 0 Å². The Morgan fingerprint density at radius 1 is 1.13 bits per heavy atom. The van der Waals surface area contributed by atoms with Crippen molar-refractivity contribution in [3.05, 3.63) is 52.9 Å². The summed E-state index contributed by atoms with van der Waals surface area (Å²) in [6.45, 7) is 8.24. The minimum Gasteiger partial charge on any atom is -0.351 e. The zero-order chi connectivity index (χ0) is 16.2. The fraction of sp³-hybridized carbons (Fsp3) is 0.444. The van der Waals surface area contributed by atoms with Crippen LogP contribution in [0.2, 0.25) is 0 Å². The summed E-state index contributed by atoms with van der Waals surface area (Å²) in [5.74, 6) is 0.289. The van der Waals surface area contributed by atoms with Crippen molar-refractivity contribution < 1.29 is 9.32 Å². The number of nitrogens with zero attached hydrogens (tertiary/aromatic N) is 3. The number of hydrogen-bond acceptors (Lipinski definition) is 4. The Kier molecular flexibility index (Phi) is 4.76. The summed E-state index contributed by atoms with van der Waals surface area (Å²) in [5.41, 5.74) is 3.34. The number of carbonyl (C=O) groups excluding carboxylic acids is 1. The third-order valence-corrected chi connectivity index (χ3v) is 4.24. The van der Waals surface area contributed by atoms with E-state index in [0.29, 0.717) is 5.76 Å². The van der Waals surface area contributed by atoms with E-state index < -0.39 is 0 Å². The summed E-state index contributed by atoms with van der Waals surface area (Å²) in [6.07, 6.45) is 0.977. The molecule has 2 heterocycles. The predicted molar refractivity (Wildman–Crippen MR) is 88.2 cm³/mol. The maximum Gasteiger partial charge on any atom is 0.292 e. The lowest BCUT2D eigenvalue weighted by Crippen LogP contribution is -2.34. The first-order chi connectivity index (χ1) is 11.1. The van der Waals surface area contributed by atoms with Crippen molar-refractivity contribution in [1.29, 1.82) is 0 Å². The molecule has 1 aromatic carbocycles. The van der Waals surface area contributed by atoms with Crippen LogP contribution in [0.5, 0.6) is 0 Å². The van der Waals surface area contributed by atoms with Crippen LogP contribution in [-0.2, 0) is 6.54 Å². The molecule has 1 saturated heterocycles. The lowest BCUT2D eigenvalue weighted by molar-refractivity contribution is 0.0719. The van der Waals surface area contributed by atoms with Crippen molar-refractivity contribution in [2.75, 3.05) is 26.2 Å². The van der Waals surface area contributed by atoms with E-state index >= 15 is 0 Å². The minimum atomic E-state index is -0.0530. The van der Waals surface area contributed by atoms with Crippen molar-refractivity contribution in [2.24, 2.45) is 0 Å². The van der Waals surface area contributed by atoms with Gasteiger partial charge >= 0.3 is 0 Å². The molecule has 5 nitrogen and oxygen atoms in total. The number of aromatic nitrogens is 1. The molecule has 1 amide bonds. The summed E-state index contributed by atoms with van der Waals surface area (Å²) in [5, 5.41) is 3.80. The average molecular weight is 313 g/mol. The first kappa shape index (κ1) is 15.7. The van der Waals surface area contributed by atoms with E-state index in [1.165, 1.54) is 11.1 Å². The second-order valence-electron chi connectivity index (χ2n) is 6.24. The van der Waals surface area contributed by atoms with E-state index in [-0.39, 0.29) is 5.91 Å². The molecule has 1 aliphatic rings. The van der Waals surface area contributed by atoms with Crippen LogP contribution in [0.25, 0.3) is 0 Å². The lowest BCUT2D eigenvalue weighted by atomic mass is 10.1. The van der Waals surface area contributed by atoms with Crippen LogP contribution in [0.3, 0.4) is 0 Å². The van der Waals surface area contributed by atoms with Crippen LogP contribution in [-0.4, -0.2) is 47.0 Å². The largest absolute Gasteiger partial charge is 0.351 e. The number of hydrogen-bond donors (Lipinski definition) is 0. The van der Waals surface area contributed by atoms with Gasteiger partial charge in [-0.2, -0.15) is 0 Å². The van der Waals surface area contributed by atoms with Gasteiger partial charge in [0.2, 0.25) is 5.76 Å². The second-order valence-corrected chi connectivity index (χ2v) is 6.24. The molecule has 0 atom stereocenters.